The van der Waals surface area contributed by atoms with E-state index in [0.29, 0.717) is 31.2 Å². The standard InChI is InChI=1S/C37H50N4O4/c1-25(2)41-24-31(22-39-41)29-10-9-11-32(21-29)40(35(42)33-12-7-8-19-37(33,4)45-36(43)38-5)23-27-13-15-28(16-14-27)30-17-18-34(44-6)26(3)20-30/h9-11,17-18,20-22,24-25,27-28,33H,7-8,12-16,19,23H2,1-6H3,(H,38,43)/t27-,28-,33-,37+/m0/s1. The first-order valence-corrected chi connectivity index (χ1v) is 16.6. The number of hydrogen-bond donors (Lipinski definition) is 1. The summed E-state index contributed by atoms with van der Waals surface area (Å²) in [4.78, 5) is 29.1. The Morgan fingerprint density at radius 1 is 1.07 bits per heavy atom. The van der Waals surface area contributed by atoms with Gasteiger partial charge in [0.05, 0.1) is 19.2 Å². The molecule has 5 rings (SSSR count). The van der Waals surface area contributed by atoms with Crippen molar-refractivity contribution in [2.45, 2.75) is 96.6 Å². The van der Waals surface area contributed by atoms with Gasteiger partial charge in [-0.15, -0.1) is 0 Å². The van der Waals surface area contributed by atoms with E-state index in [9.17, 15) is 9.59 Å². The highest BCUT2D eigenvalue weighted by Gasteiger charge is 2.46. The summed E-state index contributed by atoms with van der Waals surface area (Å²) in [5.41, 5.74) is 4.63. The third kappa shape index (κ3) is 7.37. The Bertz CT molecular complexity index is 1470. The Morgan fingerprint density at radius 3 is 2.51 bits per heavy atom. The van der Waals surface area contributed by atoms with Crippen LogP contribution in [0.2, 0.25) is 0 Å². The molecule has 0 unspecified atom stereocenters. The summed E-state index contributed by atoms with van der Waals surface area (Å²) in [6.45, 7) is 8.90. The molecule has 2 saturated carbocycles. The van der Waals surface area contributed by atoms with Gasteiger partial charge in [0.1, 0.15) is 11.4 Å². The van der Waals surface area contributed by atoms with Gasteiger partial charge in [0.25, 0.3) is 0 Å². The minimum atomic E-state index is -0.854. The normalized spacial score (nSPS) is 23.4. The molecule has 8 nitrogen and oxygen atoms in total. The Morgan fingerprint density at radius 2 is 1.84 bits per heavy atom. The number of nitrogens with one attached hydrogen (secondary N) is 1. The number of nitrogens with zero attached hydrogens (tertiary/aromatic N) is 3. The molecule has 2 amide bonds. The van der Waals surface area contributed by atoms with E-state index in [2.05, 4.69) is 67.7 Å². The van der Waals surface area contributed by atoms with Gasteiger partial charge in [-0.25, -0.2) is 4.79 Å². The molecular formula is C37H50N4O4. The van der Waals surface area contributed by atoms with Gasteiger partial charge in [0, 0.05) is 37.1 Å². The van der Waals surface area contributed by atoms with E-state index in [4.69, 9.17) is 9.47 Å². The lowest BCUT2D eigenvalue weighted by Crippen LogP contribution is -2.52. The molecule has 8 heteroatoms. The largest absolute Gasteiger partial charge is 0.496 e. The Kier molecular flexibility index (Phi) is 10.2. The van der Waals surface area contributed by atoms with Crippen LogP contribution in [0.15, 0.2) is 54.9 Å². The van der Waals surface area contributed by atoms with Crippen molar-refractivity contribution in [3.63, 3.8) is 0 Å². The quantitative estimate of drug-likeness (QED) is 0.264. The molecule has 2 fully saturated rings. The average Bonchev–Trinajstić information content (AvgIpc) is 3.55. The zero-order chi connectivity index (χ0) is 32.1. The van der Waals surface area contributed by atoms with Crippen molar-refractivity contribution in [1.29, 1.82) is 0 Å². The molecule has 2 atom stereocenters. The number of methoxy groups -OCH3 is 1. The number of alkyl carbamates (subject to hydrolysis) is 1. The van der Waals surface area contributed by atoms with E-state index in [1.807, 2.05) is 34.8 Å². The van der Waals surface area contributed by atoms with Crippen LogP contribution in [-0.2, 0) is 9.53 Å². The second kappa shape index (κ2) is 14.1. The fraction of sp³-hybridized carbons (Fsp3) is 0.541. The first kappa shape index (κ1) is 32.6. The maximum atomic E-state index is 14.7. The lowest BCUT2D eigenvalue weighted by Gasteiger charge is -2.42. The van der Waals surface area contributed by atoms with E-state index in [-0.39, 0.29) is 11.9 Å². The predicted molar refractivity (Wildman–Crippen MR) is 179 cm³/mol. The van der Waals surface area contributed by atoms with Crippen LogP contribution in [0.3, 0.4) is 0 Å². The molecule has 1 aromatic heterocycles. The van der Waals surface area contributed by atoms with Gasteiger partial charge in [-0.05, 0) is 119 Å². The Balaban J connectivity index is 1.41. The highest BCUT2D eigenvalue weighted by Crippen LogP contribution is 2.41. The predicted octanol–water partition coefficient (Wildman–Crippen LogP) is 8.06. The third-order valence-corrected chi connectivity index (χ3v) is 10.0. The van der Waals surface area contributed by atoms with E-state index in [0.717, 1.165) is 61.1 Å². The van der Waals surface area contributed by atoms with Gasteiger partial charge >= 0.3 is 6.09 Å². The highest BCUT2D eigenvalue weighted by atomic mass is 16.6. The number of aryl methyl sites for hydroxylation is 1. The summed E-state index contributed by atoms with van der Waals surface area (Å²) in [6.07, 6.45) is 11.0. The number of rotatable bonds is 9. The molecule has 0 bridgehead atoms. The van der Waals surface area contributed by atoms with Gasteiger partial charge in [-0.2, -0.15) is 5.10 Å². The number of anilines is 1. The van der Waals surface area contributed by atoms with Crippen molar-refractivity contribution in [1.82, 2.24) is 15.1 Å². The molecule has 0 spiro atoms. The number of ether oxygens (including phenoxy) is 2. The van der Waals surface area contributed by atoms with Crippen LogP contribution < -0.4 is 15.0 Å². The third-order valence-electron chi connectivity index (χ3n) is 10.0. The van der Waals surface area contributed by atoms with Gasteiger partial charge in [-0.3, -0.25) is 9.48 Å². The fourth-order valence-corrected chi connectivity index (χ4v) is 7.30. The molecule has 1 heterocycles. The maximum Gasteiger partial charge on any atom is 0.407 e. The minimum Gasteiger partial charge on any atom is -0.496 e. The number of aromatic nitrogens is 2. The lowest BCUT2D eigenvalue weighted by molar-refractivity contribution is -0.134. The van der Waals surface area contributed by atoms with Crippen molar-refractivity contribution in [3.05, 3.63) is 66.0 Å². The summed E-state index contributed by atoms with van der Waals surface area (Å²) in [5.74, 6) is 1.46. The molecule has 0 radical (unpaired) electrons. The molecule has 2 aliphatic rings. The van der Waals surface area contributed by atoms with E-state index in [1.54, 1.807) is 14.2 Å². The van der Waals surface area contributed by atoms with Gasteiger partial charge < -0.3 is 19.7 Å². The number of carbonyl (C=O) groups excluding carboxylic acids is 2. The molecule has 1 N–H and O–H groups in total. The van der Waals surface area contributed by atoms with Crippen molar-refractivity contribution < 1.29 is 19.1 Å². The smallest absolute Gasteiger partial charge is 0.407 e. The summed E-state index contributed by atoms with van der Waals surface area (Å²) < 4.78 is 13.4. The number of hydrogen-bond acceptors (Lipinski definition) is 5. The molecule has 2 aromatic carbocycles. The van der Waals surface area contributed by atoms with Crippen LogP contribution in [0.5, 0.6) is 5.75 Å². The molecule has 242 valence electrons. The molecule has 0 saturated heterocycles. The van der Waals surface area contributed by atoms with Crippen molar-refractivity contribution in [3.8, 4) is 16.9 Å². The van der Waals surface area contributed by atoms with E-state index >= 15 is 0 Å². The Labute approximate surface area is 268 Å². The topological polar surface area (TPSA) is 85.7 Å². The summed E-state index contributed by atoms with van der Waals surface area (Å²) in [5, 5.41) is 7.13. The first-order chi connectivity index (χ1) is 21.6. The average molecular weight is 615 g/mol. The zero-order valence-electron chi connectivity index (χ0n) is 27.8. The second-order valence-corrected chi connectivity index (χ2v) is 13.5. The van der Waals surface area contributed by atoms with Crippen molar-refractivity contribution in [2.75, 3.05) is 25.6 Å². The van der Waals surface area contributed by atoms with Crippen molar-refractivity contribution in [2.24, 2.45) is 11.8 Å². The lowest BCUT2D eigenvalue weighted by atomic mass is 9.75. The van der Waals surface area contributed by atoms with Crippen LogP contribution in [-0.4, -0.2) is 48.1 Å². The molecule has 2 aliphatic carbocycles. The maximum absolute atomic E-state index is 14.7. The zero-order valence-corrected chi connectivity index (χ0v) is 27.8. The molecule has 45 heavy (non-hydrogen) atoms. The minimum absolute atomic E-state index is 0.0454. The second-order valence-electron chi connectivity index (χ2n) is 13.5. The summed E-state index contributed by atoms with van der Waals surface area (Å²) in [7, 11) is 3.28. The van der Waals surface area contributed by atoms with E-state index < -0.39 is 17.6 Å². The molecular weight excluding hydrogens is 564 g/mol. The van der Waals surface area contributed by atoms with Gasteiger partial charge in [-0.1, -0.05) is 30.7 Å². The first-order valence-electron chi connectivity index (χ1n) is 16.6. The van der Waals surface area contributed by atoms with Gasteiger partial charge in [0.15, 0.2) is 0 Å². The Hall–Kier alpha value is -3.81. The summed E-state index contributed by atoms with van der Waals surface area (Å²) in [6, 6.07) is 15.1. The summed E-state index contributed by atoms with van der Waals surface area (Å²) >= 11 is 0. The van der Waals surface area contributed by atoms with Gasteiger partial charge in [0.2, 0.25) is 5.91 Å². The van der Waals surface area contributed by atoms with Crippen LogP contribution in [0.4, 0.5) is 10.5 Å². The monoisotopic (exact) mass is 614 g/mol. The fourth-order valence-electron chi connectivity index (χ4n) is 7.30. The molecule has 0 aliphatic heterocycles. The number of carbonyl (C=O) groups is 2. The number of amides is 2. The highest BCUT2D eigenvalue weighted by molar-refractivity contribution is 5.96. The SMILES string of the molecule is CNC(=O)O[C@]1(C)CCCC[C@H]1C(=O)N(C[C@H]1CC[C@H](c2ccc(OC)c(C)c2)CC1)c1cccc(-c2cnn(C(C)C)c2)c1. The van der Waals surface area contributed by atoms with Crippen LogP contribution in [0.25, 0.3) is 11.1 Å². The van der Waals surface area contributed by atoms with E-state index in [1.165, 1.54) is 11.1 Å². The molecule has 3 aromatic rings. The van der Waals surface area contributed by atoms with Crippen LogP contribution in [0.1, 0.15) is 95.2 Å². The van der Waals surface area contributed by atoms with Crippen molar-refractivity contribution >= 4 is 17.7 Å². The van der Waals surface area contributed by atoms with Crippen LogP contribution in [0, 0.1) is 18.8 Å². The number of benzene rings is 2. The van der Waals surface area contributed by atoms with Crippen LogP contribution >= 0.6 is 0 Å².